The summed E-state index contributed by atoms with van der Waals surface area (Å²) in [5, 5.41) is 12.2. The van der Waals surface area contributed by atoms with Crippen molar-refractivity contribution in [2.24, 2.45) is 17.3 Å². The van der Waals surface area contributed by atoms with Crippen LogP contribution in [0.2, 0.25) is 18.1 Å². The molecule has 0 radical (unpaired) electrons. The number of aliphatic hydroxyl groups is 1. The number of halogens is 3. The molecule has 37 heavy (non-hydrogen) atoms. The van der Waals surface area contributed by atoms with Gasteiger partial charge < -0.3 is 9.53 Å². The standard InChI is InChI=1S/C31H41F3O2Si/c1-28(2,3)37(5,6)36-23-12-14-24-20(19-23)7-13-26-25(24)15-17-29(4)27(26)16-18-30(29,35)21-8-10-22(11-9-21)31(32,33)34/h8-12,14,19,25-27,35H,7,13,15-18H2,1-6H3/t25-,26-,27+,29+,30-/m1/s1. The van der Waals surface area contributed by atoms with Crippen LogP contribution in [0.15, 0.2) is 42.5 Å². The van der Waals surface area contributed by atoms with Gasteiger partial charge in [0.2, 0.25) is 8.32 Å². The van der Waals surface area contributed by atoms with E-state index in [0.717, 1.165) is 50.0 Å². The molecule has 6 heteroatoms. The molecule has 0 aromatic heterocycles. The fourth-order valence-electron chi connectivity index (χ4n) is 7.50. The van der Waals surface area contributed by atoms with Crippen LogP contribution in [0.4, 0.5) is 13.2 Å². The number of benzene rings is 2. The minimum atomic E-state index is -4.37. The Bertz CT molecular complexity index is 1170. The number of rotatable bonds is 3. The van der Waals surface area contributed by atoms with E-state index in [9.17, 15) is 18.3 Å². The lowest BCUT2D eigenvalue weighted by atomic mass is 9.52. The van der Waals surface area contributed by atoms with Crippen LogP contribution >= 0.6 is 0 Å². The fourth-order valence-corrected chi connectivity index (χ4v) is 8.52. The van der Waals surface area contributed by atoms with Crippen molar-refractivity contribution < 1.29 is 22.7 Å². The van der Waals surface area contributed by atoms with Crippen molar-refractivity contribution in [3.8, 4) is 5.75 Å². The molecular weight excluding hydrogens is 489 g/mol. The number of fused-ring (bicyclic) bond motifs is 5. The van der Waals surface area contributed by atoms with E-state index >= 15 is 0 Å². The highest BCUT2D eigenvalue weighted by molar-refractivity contribution is 6.74. The Morgan fingerprint density at radius 3 is 2.24 bits per heavy atom. The van der Waals surface area contributed by atoms with Crippen molar-refractivity contribution in [3.63, 3.8) is 0 Å². The van der Waals surface area contributed by atoms with Gasteiger partial charge in [-0.15, -0.1) is 0 Å². The van der Waals surface area contributed by atoms with Crippen molar-refractivity contribution in [2.75, 3.05) is 0 Å². The fraction of sp³-hybridized carbons (Fsp3) is 0.613. The molecule has 2 nitrogen and oxygen atoms in total. The highest BCUT2D eigenvalue weighted by Gasteiger charge is 2.62. The van der Waals surface area contributed by atoms with E-state index in [1.54, 1.807) is 0 Å². The highest BCUT2D eigenvalue weighted by Crippen LogP contribution is 2.67. The Hall–Kier alpha value is -1.79. The van der Waals surface area contributed by atoms with Gasteiger partial charge in [0.25, 0.3) is 0 Å². The number of hydrogen-bond donors (Lipinski definition) is 1. The van der Waals surface area contributed by atoms with Gasteiger partial charge in [0, 0.05) is 5.41 Å². The van der Waals surface area contributed by atoms with E-state index in [4.69, 9.17) is 4.43 Å². The second-order valence-corrected chi connectivity index (χ2v) is 18.3. The Labute approximate surface area is 220 Å². The zero-order valence-corrected chi connectivity index (χ0v) is 24.0. The molecule has 0 unspecified atom stereocenters. The summed E-state index contributed by atoms with van der Waals surface area (Å²) in [4.78, 5) is 0. The number of alkyl halides is 3. The van der Waals surface area contributed by atoms with Gasteiger partial charge in [-0.1, -0.05) is 45.9 Å². The van der Waals surface area contributed by atoms with Crippen molar-refractivity contribution in [2.45, 2.75) is 102 Å². The molecule has 2 fully saturated rings. The second kappa shape index (κ2) is 8.61. The summed E-state index contributed by atoms with van der Waals surface area (Å²) in [5.74, 6) is 2.30. The molecule has 0 aliphatic heterocycles. The molecule has 0 amide bonds. The molecule has 202 valence electrons. The second-order valence-electron chi connectivity index (χ2n) is 13.6. The maximum Gasteiger partial charge on any atom is 0.416 e. The summed E-state index contributed by atoms with van der Waals surface area (Å²) >= 11 is 0. The van der Waals surface area contributed by atoms with E-state index in [2.05, 4.69) is 59.0 Å². The van der Waals surface area contributed by atoms with Crippen LogP contribution < -0.4 is 4.43 Å². The Kier molecular flexibility index (Phi) is 6.23. The van der Waals surface area contributed by atoms with Crippen molar-refractivity contribution in [3.05, 3.63) is 64.7 Å². The van der Waals surface area contributed by atoms with E-state index in [1.807, 2.05) is 0 Å². The first kappa shape index (κ1) is 26.8. The van der Waals surface area contributed by atoms with E-state index in [-0.39, 0.29) is 10.5 Å². The van der Waals surface area contributed by atoms with Gasteiger partial charge in [-0.05, 0) is 115 Å². The molecule has 3 aliphatic carbocycles. The van der Waals surface area contributed by atoms with Gasteiger partial charge in [-0.2, -0.15) is 13.2 Å². The largest absolute Gasteiger partial charge is 0.543 e. The summed E-state index contributed by atoms with van der Waals surface area (Å²) in [6, 6.07) is 12.0. The summed E-state index contributed by atoms with van der Waals surface area (Å²) in [6.45, 7) is 13.5. The normalized spacial score (nSPS) is 31.9. The van der Waals surface area contributed by atoms with Gasteiger partial charge in [0.15, 0.2) is 0 Å². The minimum absolute atomic E-state index is 0.147. The van der Waals surface area contributed by atoms with E-state index in [0.29, 0.717) is 29.7 Å². The molecule has 1 N–H and O–H groups in total. The average molecular weight is 531 g/mol. The molecule has 5 atom stereocenters. The maximum absolute atomic E-state index is 13.1. The third-order valence-corrected chi connectivity index (χ3v) is 15.1. The number of hydrogen-bond acceptors (Lipinski definition) is 2. The van der Waals surface area contributed by atoms with Crippen molar-refractivity contribution in [1.82, 2.24) is 0 Å². The zero-order valence-electron chi connectivity index (χ0n) is 23.0. The monoisotopic (exact) mass is 530 g/mol. The molecule has 5 rings (SSSR count). The predicted octanol–water partition coefficient (Wildman–Crippen LogP) is 8.83. The Morgan fingerprint density at radius 2 is 1.62 bits per heavy atom. The summed E-state index contributed by atoms with van der Waals surface area (Å²) in [7, 11) is -1.91. The van der Waals surface area contributed by atoms with Crippen LogP contribution in [0.1, 0.15) is 88.0 Å². The first-order valence-electron chi connectivity index (χ1n) is 13.8. The Balaban J connectivity index is 1.39. The zero-order chi connectivity index (χ0) is 27.0. The lowest BCUT2D eigenvalue weighted by molar-refractivity contribution is -0.137. The topological polar surface area (TPSA) is 29.5 Å². The molecule has 2 saturated carbocycles. The van der Waals surface area contributed by atoms with Crippen LogP contribution in [0.3, 0.4) is 0 Å². The van der Waals surface area contributed by atoms with Gasteiger partial charge in [0.1, 0.15) is 5.75 Å². The minimum Gasteiger partial charge on any atom is -0.543 e. The van der Waals surface area contributed by atoms with Crippen LogP contribution in [-0.4, -0.2) is 13.4 Å². The maximum atomic E-state index is 13.1. The summed E-state index contributed by atoms with van der Waals surface area (Å²) < 4.78 is 46.0. The molecular formula is C31H41F3O2Si. The molecule has 2 aromatic rings. The highest BCUT2D eigenvalue weighted by atomic mass is 28.4. The predicted molar refractivity (Wildman–Crippen MR) is 144 cm³/mol. The third kappa shape index (κ3) is 4.27. The van der Waals surface area contributed by atoms with Crippen LogP contribution in [0.5, 0.6) is 5.75 Å². The lowest BCUT2D eigenvalue weighted by Crippen LogP contribution is -2.49. The first-order chi connectivity index (χ1) is 17.1. The number of aryl methyl sites for hydroxylation is 1. The SMILES string of the molecule is CC(C)(C)[Si](C)(C)Oc1ccc2c(c1)CC[C@@H]1[C@@H]2CC[C@@]2(C)[C@H]1CC[C@@]2(O)c1ccc(C(F)(F)F)cc1. The van der Waals surface area contributed by atoms with Gasteiger partial charge in [0.05, 0.1) is 11.2 Å². The van der Waals surface area contributed by atoms with Crippen molar-refractivity contribution >= 4 is 8.32 Å². The van der Waals surface area contributed by atoms with Crippen LogP contribution in [0, 0.1) is 17.3 Å². The molecule has 0 heterocycles. The molecule has 3 aliphatic rings. The van der Waals surface area contributed by atoms with Gasteiger partial charge in [-0.25, -0.2) is 0 Å². The molecule has 0 saturated heterocycles. The third-order valence-electron chi connectivity index (χ3n) is 10.7. The summed E-state index contributed by atoms with van der Waals surface area (Å²) in [5.41, 5.74) is 1.38. The van der Waals surface area contributed by atoms with Crippen LogP contribution in [0.25, 0.3) is 0 Å². The first-order valence-corrected chi connectivity index (χ1v) is 16.7. The molecule has 0 spiro atoms. The smallest absolute Gasteiger partial charge is 0.416 e. The van der Waals surface area contributed by atoms with E-state index in [1.165, 1.54) is 23.3 Å². The van der Waals surface area contributed by atoms with E-state index < -0.39 is 25.7 Å². The van der Waals surface area contributed by atoms with Gasteiger partial charge in [-0.3, -0.25) is 0 Å². The van der Waals surface area contributed by atoms with Gasteiger partial charge >= 0.3 is 6.18 Å². The molecule has 0 bridgehead atoms. The summed E-state index contributed by atoms with van der Waals surface area (Å²) in [6.07, 6.45) is 1.12. The molecule has 2 aromatic carbocycles. The average Bonchev–Trinajstić information content (AvgIpc) is 3.09. The lowest BCUT2D eigenvalue weighted by Gasteiger charge is -2.53. The van der Waals surface area contributed by atoms with Crippen molar-refractivity contribution in [1.29, 1.82) is 0 Å². The van der Waals surface area contributed by atoms with Crippen LogP contribution in [-0.2, 0) is 18.2 Å². The quantitative estimate of drug-likeness (QED) is 0.402. The Morgan fingerprint density at radius 1 is 0.946 bits per heavy atom.